The van der Waals surface area contributed by atoms with Crippen molar-refractivity contribution in [2.75, 3.05) is 0 Å². The Labute approximate surface area is 100 Å². The van der Waals surface area contributed by atoms with E-state index in [2.05, 4.69) is 20.9 Å². The van der Waals surface area contributed by atoms with Crippen LogP contribution in [0.1, 0.15) is 0 Å². The van der Waals surface area contributed by atoms with Crippen molar-refractivity contribution in [3.63, 3.8) is 0 Å². The van der Waals surface area contributed by atoms with Crippen LogP contribution >= 0.6 is 15.9 Å². The summed E-state index contributed by atoms with van der Waals surface area (Å²) in [6.07, 6.45) is 1.60. The molecule has 0 aliphatic carbocycles. The molecule has 0 fully saturated rings. The smallest absolute Gasteiger partial charge is 0.131 e. The summed E-state index contributed by atoms with van der Waals surface area (Å²) in [5.74, 6) is -0.211. The SMILES string of the molecule is Fc1cc2ccccc2c2c(Br)nccc12. The maximum atomic E-state index is 13.8. The minimum atomic E-state index is -0.211. The van der Waals surface area contributed by atoms with Gasteiger partial charge in [0, 0.05) is 17.0 Å². The van der Waals surface area contributed by atoms with E-state index in [9.17, 15) is 4.39 Å². The lowest BCUT2D eigenvalue weighted by Crippen LogP contribution is -1.86. The van der Waals surface area contributed by atoms with Crippen molar-refractivity contribution in [3.8, 4) is 0 Å². The van der Waals surface area contributed by atoms with Gasteiger partial charge in [-0.2, -0.15) is 0 Å². The fourth-order valence-electron chi connectivity index (χ4n) is 1.96. The van der Waals surface area contributed by atoms with Crippen molar-refractivity contribution in [2.24, 2.45) is 0 Å². The fourth-order valence-corrected chi connectivity index (χ4v) is 2.50. The van der Waals surface area contributed by atoms with E-state index in [1.165, 1.54) is 0 Å². The van der Waals surface area contributed by atoms with Gasteiger partial charge in [0.1, 0.15) is 10.4 Å². The molecule has 0 aliphatic heterocycles. The van der Waals surface area contributed by atoms with Crippen LogP contribution in [0, 0.1) is 5.82 Å². The first-order valence-electron chi connectivity index (χ1n) is 4.89. The van der Waals surface area contributed by atoms with Gasteiger partial charge in [-0.15, -0.1) is 0 Å². The molecule has 0 spiro atoms. The van der Waals surface area contributed by atoms with Crippen molar-refractivity contribution in [1.29, 1.82) is 0 Å². The normalized spacial score (nSPS) is 11.1. The quantitative estimate of drug-likeness (QED) is 0.441. The van der Waals surface area contributed by atoms with E-state index in [1.807, 2.05) is 24.3 Å². The second-order valence-electron chi connectivity index (χ2n) is 3.60. The number of rotatable bonds is 0. The van der Waals surface area contributed by atoms with Gasteiger partial charge in [-0.1, -0.05) is 24.3 Å². The Kier molecular flexibility index (Phi) is 2.14. The van der Waals surface area contributed by atoms with E-state index in [4.69, 9.17) is 0 Å². The zero-order valence-corrected chi connectivity index (χ0v) is 9.83. The number of hydrogen-bond acceptors (Lipinski definition) is 1. The maximum Gasteiger partial charge on any atom is 0.131 e. The first-order chi connectivity index (χ1) is 7.77. The average Bonchev–Trinajstić information content (AvgIpc) is 2.30. The number of benzene rings is 2. The highest BCUT2D eigenvalue weighted by atomic mass is 79.9. The van der Waals surface area contributed by atoms with E-state index in [1.54, 1.807) is 18.3 Å². The lowest BCUT2D eigenvalue weighted by Gasteiger charge is -2.06. The van der Waals surface area contributed by atoms with Crippen molar-refractivity contribution < 1.29 is 4.39 Å². The van der Waals surface area contributed by atoms with Crippen LogP contribution in [-0.2, 0) is 0 Å². The average molecular weight is 276 g/mol. The van der Waals surface area contributed by atoms with Crippen LogP contribution in [0.25, 0.3) is 21.5 Å². The lowest BCUT2D eigenvalue weighted by atomic mass is 10.0. The molecule has 0 unspecified atom stereocenters. The molecule has 2 aromatic carbocycles. The molecule has 1 aromatic heterocycles. The van der Waals surface area contributed by atoms with Crippen molar-refractivity contribution in [3.05, 3.63) is 53.0 Å². The first-order valence-corrected chi connectivity index (χ1v) is 5.68. The Morgan fingerprint density at radius 1 is 1.06 bits per heavy atom. The molecule has 1 heterocycles. The monoisotopic (exact) mass is 275 g/mol. The molecule has 78 valence electrons. The van der Waals surface area contributed by atoms with Crippen molar-refractivity contribution in [1.82, 2.24) is 4.98 Å². The van der Waals surface area contributed by atoms with Gasteiger partial charge in [-0.05, 0) is 38.8 Å². The molecule has 0 saturated heterocycles. The van der Waals surface area contributed by atoms with Crippen molar-refractivity contribution in [2.45, 2.75) is 0 Å². The second-order valence-corrected chi connectivity index (χ2v) is 4.35. The highest BCUT2D eigenvalue weighted by Crippen LogP contribution is 2.31. The summed E-state index contributed by atoms with van der Waals surface area (Å²) in [7, 11) is 0. The molecule has 0 atom stereocenters. The van der Waals surface area contributed by atoms with Crippen LogP contribution in [-0.4, -0.2) is 4.98 Å². The van der Waals surface area contributed by atoms with Gasteiger partial charge in [0.25, 0.3) is 0 Å². The zero-order valence-electron chi connectivity index (χ0n) is 8.24. The summed E-state index contributed by atoms with van der Waals surface area (Å²) < 4.78 is 14.5. The Morgan fingerprint density at radius 3 is 2.75 bits per heavy atom. The third kappa shape index (κ3) is 1.32. The molecule has 3 heteroatoms. The fraction of sp³-hybridized carbons (Fsp3) is 0. The molecule has 0 radical (unpaired) electrons. The Morgan fingerprint density at radius 2 is 1.88 bits per heavy atom. The van der Waals surface area contributed by atoms with Gasteiger partial charge in [0.05, 0.1) is 0 Å². The molecule has 0 aliphatic rings. The van der Waals surface area contributed by atoms with Gasteiger partial charge < -0.3 is 0 Å². The Balaban J connectivity index is 2.67. The molecular formula is C13H7BrFN. The highest BCUT2D eigenvalue weighted by molar-refractivity contribution is 9.10. The lowest BCUT2D eigenvalue weighted by molar-refractivity contribution is 0.641. The third-order valence-corrected chi connectivity index (χ3v) is 3.28. The van der Waals surface area contributed by atoms with E-state index in [0.717, 1.165) is 16.2 Å². The van der Waals surface area contributed by atoms with E-state index in [-0.39, 0.29) is 5.82 Å². The topological polar surface area (TPSA) is 12.9 Å². The highest BCUT2D eigenvalue weighted by Gasteiger charge is 2.08. The van der Waals surface area contributed by atoms with Gasteiger partial charge in [0.2, 0.25) is 0 Å². The molecule has 0 bridgehead atoms. The largest absolute Gasteiger partial charge is 0.249 e. The molecule has 3 aromatic rings. The van der Waals surface area contributed by atoms with Crippen LogP contribution in [0.5, 0.6) is 0 Å². The minimum Gasteiger partial charge on any atom is -0.249 e. The van der Waals surface area contributed by atoms with Crippen LogP contribution in [0.2, 0.25) is 0 Å². The zero-order chi connectivity index (χ0) is 11.1. The van der Waals surface area contributed by atoms with Crippen molar-refractivity contribution >= 4 is 37.5 Å². The van der Waals surface area contributed by atoms with Gasteiger partial charge in [-0.3, -0.25) is 0 Å². The molecule has 1 nitrogen and oxygen atoms in total. The number of hydrogen-bond donors (Lipinski definition) is 0. The second kappa shape index (κ2) is 3.52. The summed E-state index contributed by atoms with van der Waals surface area (Å²) in [5.41, 5.74) is 0. The van der Waals surface area contributed by atoms with Gasteiger partial charge in [0.15, 0.2) is 0 Å². The molecule has 0 N–H and O–H groups in total. The molecule has 3 rings (SSSR count). The Hall–Kier alpha value is -1.48. The number of halogens is 2. The first kappa shape index (κ1) is 9.73. The summed E-state index contributed by atoms with van der Waals surface area (Å²) in [4.78, 5) is 4.15. The third-order valence-electron chi connectivity index (χ3n) is 2.67. The van der Waals surface area contributed by atoms with Crippen LogP contribution < -0.4 is 0 Å². The number of pyridine rings is 1. The van der Waals surface area contributed by atoms with E-state index in [0.29, 0.717) is 9.99 Å². The number of aromatic nitrogens is 1. The summed E-state index contributed by atoms with van der Waals surface area (Å²) in [6.45, 7) is 0. The van der Waals surface area contributed by atoms with Crippen LogP contribution in [0.15, 0.2) is 47.2 Å². The van der Waals surface area contributed by atoms with E-state index < -0.39 is 0 Å². The number of nitrogens with zero attached hydrogens (tertiary/aromatic N) is 1. The predicted molar refractivity (Wildman–Crippen MR) is 66.9 cm³/mol. The van der Waals surface area contributed by atoms with Gasteiger partial charge >= 0.3 is 0 Å². The predicted octanol–water partition coefficient (Wildman–Crippen LogP) is 4.29. The Bertz CT molecular complexity index is 694. The molecule has 0 amide bonds. The number of fused-ring (bicyclic) bond motifs is 3. The van der Waals surface area contributed by atoms with Crippen LogP contribution in [0.3, 0.4) is 0 Å². The minimum absolute atomic E-state index is 0.211. The maximum absolute atomic E-state index is 13.8. The van der Waals surface area contributed by atoms with Gasteiger partial charge in [-0.25, -0.2) is 9.37 Å². The molecule has 16 heavy (non-hydrogen) atoms. The standard InChI is InChI=1S/C13H7BrFN/c14-13-12-9-4-2-1-3-8(9)7-11(15)10(12)5-6-16-13/h1-7H. The summed E-state index contributed by atoms with van der Waals surface area (Å²) >= 11 is 3.37. The van der Waals surface area contributed by atoms with Crippen LogP contribution in [0.4, 0.5) is 4.39 Å². The molecule has 0 saturated carbocycles. The van der Waals surface area contributed by atoms with E-state index >= 15 is 0 Å². The summed E-state index contributed by atoms with van der Waals surface area (Å²) in [6, 6.07) is 11.0. The molecular weight excluding hydrogens is 269 g/mol. The summed E-state index contributed by atoms with van der Waals surface area (Å²) in [5, 5.41) is 3.33.